The molecule has 0 spiro atoms. The quantitative estimate of drug-likeness (QED) is 0.715. The first-order valence-corrected chi connectivity index (χ1v) is 10.8. The fourth-order valence-corrected chi connectivity index (χ4v) is 4.05. The highest BCUT2D eigenvalue weighted by Gasteiger charge is 2.42. The minimum atomic E-state index is -0.437. The van der Waals surface area contributed by atoms with Crippen LogP contribution >= 0.6 is 0 Å². The largest absolute Gasteiger partial charge is 0.493 e. The smallest absolute Gasteiger partial charge is 0.227 e. The molecule has 1 aliphatic heterocycles. The molecule has 1 saturated heterocycles. The number of hydrogen-bond donors (Lipinski definition) is 1. The summed E-state index contributed by atoms with van der Waals surface area (Å²) < 4.78 is 10.9. The number of aryl methyl sites for hydroxylation is 1. The van der Waals surface area contributed by atoms with E-state index in [2.05, 4.69) is 5.32 Å². The molecule has 6 nitrogen and oxygen atoms in total. The molecule has 0 saturated carbocycles. The molecule has 0 radical (unpaired) electrons. The highest BCUT2D eigenvalue weighted by molar-refractivity contribution is 5.97. The number of carbonyl (C=O) groups is 2. The Bertz CT molecular complexity index is 926. The summed E-state index contributed by atoms with van der Waals surface area (Å²) in [5, 5.41) is 3.11. The summed E-state index contributed by atoms with van der Waals surface area (Å²) >= 11 is 0. The minimum Gasteiger partial charge on any atom is -0.493 e. The van der Waals surface area contributed by atoms with Crippen molar-refractivity contribution in [2.75, 3.05) is 19.1 Å². The van der Waals surface area contributed by atoms with Crippen molar-refractivity contribution in [3.63, 3.8) is 0 Å². The summed E-state index contributed by atoms with van der Waals surface area (Å²) in [5.41, 5.74) is 2.74. The van der Waals surface area contributed by atoms with E-state index in [9.17, 15) is 9.59 Å². The first kappa shape index (κ1) is 22.7. The highest BCUT2D eigenvalue weighted by Crippen LogP contribution is 2.42. The second-order valence-electron chi connectivity index (χ2n) is 8.12. The lowest BCUT2D eigenvalue weighted by Crippen LogP contribution is -2.49. The SMILES string of the molecule is CC[C@H](C)NC(=O)[C@@H]1CCC(=O)N(c2ccc(C)cc2)[C@H]1c1ccc(OC)c(OC)c1. The van der Waals surface area contributed by atoms with Crippen molar-refractivity contribution in [2.24, 2.45) is 5.92 Å². The number of methoxy groups -OCH3 is 2. The Morgan fingerprint density at radius 1 is 1.13 bits per heavy atom. The molecule has 2 aromatic carbocycles. The van der Waals surface area contributed by atoms with E-state index in [1.54, 1.807) is 19.1 Å². The van der Waals surface area contributed by atoms with Crippen LogP contribution in [0.4, 0.5) is 5.69 Å². The molecular formula is C25H32N2O4. The summed E-state index contributed by atoms with van der Waals surface area (Å²) in [5.74, 6) is 0.792. The number of anilines is 1. The average Bonchev–Trinajstić information content (AvgIpc) is 2.78. The Balaban J connectivity index is 2.10. The summed E-state index contributed by atoms with van der Waals surface area (Å²) in [6.07, 6.45) is 1.68. The van der Waals surface area contributed by atoms with Crippen molar-refractivity contribution in [1.82, 2.24) is 5.32 Å². The number of nitrogens with one attached hydrogen (secondary N) is 1. The van der Waals surface area contributed by atoms with Crippen molar-refractivity contribution >= 4 is 17.5 Å². The van der Waals surface area contributed by atoms with Crippen LogP contribution in [0.5, 0.6) is 11.5 Å². The fraction of sp³-hybridized carbons (Fsp3) is 0.440. The Morgan fingerprint density at radius 2 is 1.81 bits per heavy atom. The van der Waals surface area contributed by atoms with Gasteiger partial charge in [-0.3, -0.25) is 9.59 Å². The van der Waals surface area contributed by atoms with Crippen LogP contribution in [-0.2, 0) is 9.59 Å². The molecule has 2 aromatic rings. The molecule has 1 aliphatic rings. The maximum Gasteiger partial charge on any atom is 0.227 e. The van der Waals surface area contributed by atoms with Crippen LogP contribution < -0.4 is 19.7 Å². The van der Waals surface area contributed by atoms with E-state index in [1.165, 1.54) is 0 Å². The van der Waals surface area contributed by atoms with Crippen LogP contribution in [0, 0.1) is 12.8 Å². The first-order valence-electron chi connectivity index (χ1n) is 10.8. The third-order valence-electron chi connectivity index (χ3n) is 6.00. The van der Waals surface area contributed by atoms with Crippen molar-refractivity contribution in [2.45, 2.75) is 52.1 Å². The molecule has 1 N–H and O–H groups in total. The number of nitrogens with zero attached hydrogens (tertiary/aromatic N) is 1. The molecule has 1 heterocycles. The van der Waals surface area contributed by atoms with Crippen molar-refractivity contribution in [3.8, 4) is 11.5 Å². The zero-order valence-corrected chi connectivity index (χ0v) is 19.0. The maximum atomic E-state index is 13.3. The third-order valence-corrected chi connectivity index (χ3v) is 6.00. The van der Waals surface area contributed by atoms with Crippen LogP contribution in [0.25, 0.3) is 0 Å². The van der Waals surface area contributed by atoms with Gasteiger partial charge >= 0.3 is 0 Å². The zero-order chi connectivity index (χ0) is 22.5. The van der Waals surface area contributed by atoms with E-state index in [0.29, 0.717) is 24.3 Å². The second kappa shape index (κ2) is 9.86. The molecule has 3 atom stereocenters. The van der Waals surface area contributed by atoms with Crippen molar-refractivity contribution in [3.05, 3.63) is 53.6 Å². The second-order valence-corrected chi connectivity index (χ2v) is 8.12. The van der Waals surface area contributed by atoms with Gasteiger partial charge in [0.2, 0.25) is 11.8 Å². The number of carbonyl (C=O) groups excluding carboxylic acids is 2. The molecular weight excluding hydrogens is 392 g/mol. The molecule has 166 valence electrons. The van der Waals surface area contributed by atoms with E-state index in [0.717, 1.165) is 23.2 Å². The van der Waals surface area contributed by atoms with Crippen molar-refractivity contribution in [1.29, 1.82) is 0 Å². The summed E-state index contributed by atoms with van der Waals surface area (Å²) in [7, 11) is 3.17. The van der Waals surface area contributed by atoms with E-state index < -0.39 is 6.04 Å². The fourth-order valence-electron chi connectivity index (χ4n) is 4.05. The standard InChI is InChI=1S/C25H32N2O4/c1-6-17(3)26-25(29)20-12-14-23(28)27(19-10-7-16(2)8-11-19)24(20)18-9-13-21(30-4)22(15-18)31-5/h7-11,13,15,17,20,24H,6,12,14H2,1-5H3,(H,26,29)/t17-,20+,24-/m0/s1. The third kappa shape index (κ3) is 4.84. The lowest BCUT2D eigenvalue weighted by Gasteiger charge is -2.41. The van der Waals surface area contributed by atoms with Crippen molar-refractivity contribution < 1.29 is 19.1 Å². The normalized spacial score (nSPS) is 19.6. The van der Waals surface area contributed by atoms with Gasteiger partial charge in [0, 0.05) is 18.2 Å². The monoisotopic (exact) mass is 424 g/mol. The molecule has 2 amide bonds. The van der Waals surface area contributed by atoms with E-state index in [1.807, 2.05) is 63.2 Å². The number of amides is 2. The number of benzene rings is 2. The maximum absolute atomic E-state index is 13.3. The highest BCUT2D eigenvalue weighted by atomic mass is 16.5. The lowest BCUT2D eigenvalue weighted by molar-refractivity contribution is -0.129. The number of ether oxygens (including phenoxy) is 2. The number of piperidine rings is 1. The first-order chi connectivity index (χ1) is 14.9. The predicted molar refractivity (Wildman–Crippen MR) is 122 cm³/mol. The van der Waals surface area contributed by atoms with Crippen LogP contribution in [0.15, 0.2) is 42.5 Å². The van der Waals surface area contributed by atoms with Gasteiger partial charge in [-0.2, -0.15) is 0 Å². The molecule has 0 unspecified atom stereocenters. The molecule has 0 aromatic heterocycles. The molecule has 31 heavy (non-hydrogen) atoms. The van der Waals surface area contributed by atoms with Gasteiger partial charge in [0.1, 0.15) is 0 Å². The average molecular weight is 425 g/mol. The van der Waals surface area contributed by atoms with Gasteiger partial charge in [0.25, 0.3) is 0 Å². The lowest BCUT2D eigenvalue weighted by atomic mass is 9.82. The van der Waals surface area contributed by atoms with Crippen LogP contribution in [0.2, 0.25) is 0 Å². The van der Waals surface area contributed by atoms with Gasteiger partial charge in [-0.05, 0) is 56.5 Å². The van der Waals surface area contributed by atoms with E-state index in [-0.39, 0.29) is 23.8 Å². The topological polar surface area (TPSA) is 67.9 Å². The van der Waals surface area contributed by atoms with Gasteiger partial charge < -0.3 is 19.7 Å². The Kier molecular flexibility index (Phi) is 7.21. The van der Waals surface area contributed by atoms with Gasteiger partial charge in [-0.1, -0.05) is 30.7 Å². The van der Waals surface area contributed by atoms with E-state index in [4.69, 9.17) is 9.47 Å². The van der Waals surface area contributed by atoms with Crippen LogP contribution in [0.3, 0.4) is 0 Å². The molecule has 6 heteroatoms. The van der Waals surface area contributed by atoms with Gasteiger partial charge in [0.05, 0.1) is 26.2 Å². The van der Waals surface area contributed by atoms with Crippen LogP contribution in [0.1, 0.15) is 50.3 Å². The van der Waals surface area contributed by atoms with Gasteiger partial charge in [-0.15, -0.1) is 0 Å². The summed E-state index contributed by atoms with van der Waals surface area (Å²) in [6, 6.07) is 13.1. The summed E-state index contributed by atoms with van der Waals surface area (Å²) in [4.78, 5) is 28.2. The van der Waals surface area contributed by atoms with Crippen LogP contribution in [-0.4, -0.2) is 32.1 Å². The van der Waals surface area contributed by atoms with Gasteiger partial charge in [0.15, 0.2) is 11.5 Å². The molecule has 1 fully saturated rings. The zero-order valence-electron chi connectivity index (χ0n) is 19.0. The minimum absolute atomic E-state index is 0.0104. The van der Waals surface area contributed by atoms with Gasteiger partial charge in [-0.25, -0.2) is 0 Å². The Morgan fingerprint density at radius 3 is 2.42 bits per heavy atom. The predicted octanol–water partition coefficient (Wildman–Crippen LogP) is 4.41. The Hall–Kier alpha value is -3.02. The summed E-state index contributed by atoms with van der Waals surface area (Å²) in [6.45, 7) is 6.05. The number of hydrogen-bond acceptors (Lipinski definition) is 4. The molecule has 0 aliphatic carbocycles. The molecule has 3 rings (SSSR count). The Labute approximate surface area is 184 Å². The van der Waals surface area contributed by atoms with E-state index >= 15 is 0 Å². The number of rotatable bonds is 7. The molecule has 0 bridgehead atoms.